The van der Waals surface area contributed by atoms with E-state index in [1.54, 1.807) is 6.08 Å². The van der Waals surface area contributed by atoms with Crippen molar-refractivity contribution < 1.29 is 14.3 Å². The zero-order valence-corrected chi connectivity index (χ0v) is 15.2. The lowest BCUT2D eigenvalue weighted by Gasteiger charge is -2.09. The van der Waals surface area contributed by atoms with E-state index in [9.17, 15) is 9.59 Å². The van der Waals surface area contributed by atoms with Crippen LogP contribution in [0.1, 0.15) is 16.0 Å². The SMILES string of the molecule is Cc1ccc(NC(=O)COC(=O)/C=C/c2ccc(Br)s2)c(C)c1. The number of thiophene rings is 1. The van der Waals surface area contributed by atoms with Gasteiger partial charge in [0.2, 0.25) is 0 Å². The summed E-state index contributed by atoms with van der Waals surface area (Å²) >= 11 is 4.85. The van der Waals surface area contributed by atoms with Gasteiger partial charge in [0.1, 0.15) is 0 Å². The van der Waals surface area contributed by atoms with Gasteiger partial charge in [-0.15, -0.1) is 11.3 Å². The number of halogens is 1. The maximum atomic E-state index is 11.8. The van der Waals surface area contributed by atoms with Crippen LogP contribution >= 0.6 is 27.3 Å². The van der Waals surface area contributed by atoms with E-state index in [-0.39, 0.29) is 12.5 Å². The van der Waals surface area contributed by atoms with Crippen LogP contribution in [0.15, 0.2) is 40.2 Å². The van der Waals surface area contributed by atoms with Crippen molar-refractivity contribution in [3.63, 3.8) is 0 Å². The zero-order chi connectivity index (χ0) is 16.8. The first-order valence-corrected chi connectivity index (χ1v) is 8.52. The predicted octanol–water partition coefficient (Wildman–Crippen LogP) is 4.32. The summed E-state index contributed by atoms with van der Waals surface area (Å²) in [7, 11) is 0. The highest BCUT2D eigenvalue weighted by Crippen LogP contribution is 2.23. The minimum Gasteiger partial charge on any atom is -0.452 e. The second kappa shape index (κ2) is 8.08. The molecular formula is C17H16BrNO3S. The van der Waals surface area contributed by atoms with Gasteiger partial charge in [-0.3, -0.25) is 4.79 Å². The molecule has 0 atom stereocenters. The van der Waals surface area contributed by atoms with Gasteiger partial charge in [-0.25, -0.2) is 4.79 Å². The first-order chi connectivity index (χ1) is 10.9. The Morgan fingerprint density at radius 1 is 1.26 bits per heavy atom. The Kier molecular flexibility index (Phi) is 6.12. The Morgan fingerprint density at radius 3 is 2.70 bits per heavy atom. The molecule has 0 aliphatic heterocycles. The number of carbonyl (C=O) groups excluding carboxylic acids is 2. The summed E-state index contributed by atoms with van der Waals surface area (Å²) in [5.74, 6) is -0.914. The molecule has 23 heavy (non-hydrogen) atoms. The number of aryl methyl sites for hydroxylation is 2. The molecule has 1 amide bonds. The maximum absolute atomic E-state index is 11.8. The fourth-order valence-electron chi connectivity index (χ4n) is 1.89. The van der Waals surface area contributed by atoms with E-state index >= 15 is 0 Å². The third-order valence-electron chi connectivity index (χ3n) is 2.98. The van der Waals surface area contributed by atoms with Gasteiger partial charge in [0.15, 0.2) is 6.61 Å². The van der Waals surface area contributed by atoms with E-state index in [0.717, 1.165) is 25.5 Å². The van der Waals surface area contributed by atoms with E-state index in [1.165, 1.54) is 17.4 Å². The van der Waals surface area contributed by atoms with Crippen LogP contribution in [0.3, 0.4) is 0 Å². The number of hydrogen-bond acceptors (Lipinski definition) is 4. The van der Waals surface area contributed by atoms with Crippen LogP contribution < -0.4 is 5.32 Å². The van der Waals surface area contributed by atoms with Crippen molar-refractivity contribution in [1.29, 1.82) is 0 Å². The van der Waals surface area contributed by atoms with Gasteiger partial charge < -0.3 is 10.1 Å². The van der Waals surface area contributed by atoms with Crippen molar-refractivity contribution in [2.45, 2.75) is 13.8 Å². The van der Waals surface area contributed by atoms with Crippen LogP contribution in [0, 0.1) is 13.8 Å². The highest BCUT2D eigenvalue weighted by atomic mass is 79.9. The molecular weight excluding hydrogens is 378 g/mol. The number of ether oxygens (including phenoxy) is 1. The molecule has 2 rings (SSSR count). The van der Waals surface area contributed by atoms with Crippen LogP contribution in [0.4, 0.5) is 5.69 Å². The quantitative estimate of drug-likeness (QED) is 0.607. The van der Waals surface area contributed by atoms with Crippen LogP contribution in [-0.4, -0.2) is 18.5 Å². The Bertz CT molecular complexity index is 752. The Balaban J connectivity index is 1.81. The number of rotatable bonds is 5. The largest absolute Gasteiger partial charge is 0.452 e. The first-order valence-electron chi connectivity index (χ1n) is 6.91. The summed E-state index contributed by atoms with van der Waals surface area (Å²) in [6.07, 6.45) is 2.96. The van der Waals surface area contributed by atoms with Gasteiger partial charge in [-0.05, 0) is 59.6 Å². The highest BCUT2D eigenvalue weighted by molar-refractivity contribution is 9.11. The average Bonchev–Trinajstić information content (AvgIpc) is 2.91. The molecule has 4 nitrogen and oxygen atoms in total. The van der Waals surface area contributed by atoms with Gasteiger partial charge in [-0.2, -0.15) is 0 Å². The van der Waals surface area contributed by atoms with Crippen LogP contribution in [-0.2, 0) is 14.3 Å². The second-order valence-electron chi connectivity index (χ2n) is 4.95. The topological polar surface area (TPSA) is 55.4 Å². The molecule has 1 heterocycles. The van der Waals surface area contributed by atoms with Gasteiger partial charge in [-0.1, -0.05) is 17.7 Å². The number of carbonyl (C=O) groups is 2. The highest BCUT2D eigenvalue weighted by Gasteiger charge is 2.07. The minimum atomic E-state index is -0.551. The average molecular weight is 394 g/mol. The van der Waals surface area contributed by atoms with Crippen LogP contribution in [0.25, 0.3) is 6.08 Å². The lowest BCUT2D eigenvalue weighted by molar-refractivity contribution is -0.142. The molecule has 6 heteroatoms. The van der Waals surface area contributed by atoms with Crippen molar-refractivity contribution in [3.8, 4) is 0 Å². The van der Waals surface area contributed by atoms with E-state index in [2.05, 4.69) is 21.2 Å². The molecule has 1 N–H and O–H groups in total. The smallest absolute Gasteiger partial charge is 0.331 e. The number of benzene rings is 1. The van der Waals surface area contributed by atoms with E-state index in [0.29, 0.717) is 0 Å². The van der Waals surface area contributed by atoms with Crippen molar-refractivity contribution in [2.24, 2.45) is 0 Å². The molecule has 0 radical (unpaired) electrons. The summed E-state index contributed by atoms with van der Waals surface area (Å²) in [4.78, 5) is 24.3. The zero-order valence-electron chi connectivity index (χ0n) is 12.8. The van der Waals surface area contributed by atoms with Crippen molar-refractivity contribution in [2.75, 3.05) is 11.9 Å². The lowest BCUT2D eigenvalue weighted by Crippen LogP contribution is -2.20. The number of hydrogen-bond donors (Lipinski definition) is 1. The Labute approximate surface area is 147 Å². The molecule has 0 saturated carbocycles. The molecule has 2 aromatic rings. The summed E-state index contributed by atoms with van der Waals surface area (Å²) in [6.45, 7) is 3.58. The molecule has 0 saturated heterocycles. The molecule has 1 aromatic carbocycles. The van der Waals surface area contributed by atoms with E-state index < -0.39 is 5.97 Å². The molecule has 0 unspecified atom stereocenters. The van der Waals surface area contributed by atoms with Crippen molar-refractivity contribution >= 4 is 50.9 Å². The van der Waals surface area contributed by atoms with Gasteiger partial charge in [0, 0.05) is 16.6 Å². The molecule has 120 valence electrons. The third kappa shape index (κ3) is 5.65. The molecule has 0 aliphatic rings. The predicted molar refractivity (Wildman–Crippen MR) is 96.6 cm³/mol. The van der Waals surface area contributed by atoms with E-state index in [4.69, 9.17) is 4.74 Å². The molecule has 0 aliphatic carbocycles. The van der Waals surface area contributed by atoms with Crippen molar-refractivity contribution in [3.05, 3.63) is 56.2 Å². The third-order valence-corrected chi connectivity index (χ3v) is 4.57. The lowest BCUT2D eigenvalue weighted by atomic mass is 10.1. The Morgan fingerprint density at radius 2 is 2.04 bits per heavy atom. The number of nitrogens with one attached hydrogen (secondary N) is 1. The van der Waals surface area contributed by atoms with E-state index in [1.807, 2.05) is 44.2 Å². The van der Waals surface area contributed by atoms with Crippen LogP contribution in [0.5, 0.6) is 0 Å². The number of amides is 1. The van der Waals surface area contributed by atoms with Crippen LogP contribution in [0.2, 0.25) is 0 Å². The molecule has 0 spiro atoms. The van der Waals surface area contributed by atoms with Gasteiger partial charge >= 0.3 is 5.97 Å². The number of anilines is 1. The fourth-order valence-corrected chi connectivity index (χ4v) is 3.22. The summed E-state index contributed by atoms with van der Waals surface area (Å²) in [6, 6.07) is 9.50. The summed E-state index contributed by atoms with van der Waals surface area (Å²) in [5, 5.41) is 2.73. The normalized spacial score (nSPS) is 10.7. The summed E-state index contributed by atoms with van der Waals surface area (Å²) in [5.41, 5.74) is 2.81. The first kappa shape index (κ1) is 17.4. The van der Waals surface area contributed by atoms with Crippen molar-refractivity contribution in [1.82, 2.24) is 0 Å². The molecule has 0 bridgehead atoms. The fraction of sp³-hybridized carbons (Fsp3) is 0.176. The standard InChI is InChI=1S/C17H16BrNO3S/c1-11-3-6-14(12(2)9-11)19-16(20)10-22-17(21)8-5-13-4-7-15(18)23-13/h3-9H,10H2,1-2H3,(H,19,20)/b8-5+. The van der Waals surface area contributed by atoms with Gasteiger partial charge in [0.05, 0.1) is 3.79 Å². The second-order valence-corrected chi connectivity index (χ2v) is 7.44. The monoisotopic (exact) mass is 393 g/mol. The maximum Gasteiger partial charge on any atom is 0.331 e. The molecule has 1 aromatic heterocycles. The Hall–Kier alpha value is -1.92. The minimum absolute atomic E-state index is 0.315. The molecule has 0 fully saturated rings. The van der Waals surface area contributed by atoms with Gasteiger partial charge in [0.25, 0.3) is 5.91 Å². The summed E-state index contributed by atoms with van der Waals surface area (Å²) < 4.78 is 5.91. The number of esters is 1.